The molecule has 0 radical (unpaired) electrons. The molecule has 1 saturated carbocycles. The third-order valence-corrected chi connectivity index (χ3v) is 4.61. The fraction of sp³-hybridized carbons (Fsp3) is 0.500. The normalized spacial score (nSPS) is 21.0. The molecule has 1 aliphatic carbocycles. The highest BCUT2D eigenvalue weighted by Gasteiger charge is 2.36. The zero-order chi connectivity index (χ0) is 17.8. The largest absolute Gasteiger partial charge is 0.393 e. The molecule has 2 N–H and O–H groups in total. The van der Waals surface area contributed by atoms with Gasteiger partial charge in [0.15, 0.2) is 0 Å². The Morgan fingerprint density at radius 3 is 2.88 bits per heavy atom. The summed E-state index contributed by atoms with van der Waals surface area (Å²) in [6, 6.07) is 3.79. The summed E-state index contributed by atoms with van der Waals surface area (Å²) < 4.78 is 1.73. The summed E-state index contributed by atoms with van der Waals surface area (Å²) in [5, 5.41) is 16.9. The number of pyridine rings is 1. The first-order chi connectivity index (χ1) is 12.0. The Balaban J connectivity index is 1.58. The van der Waals surface area contributed by atoms with Crippen LogP contribution in [0.25, 0.3) is 0 Å². The zero-order valence-corrected chi connectivity index (χ0v) is 14.7. The number of aliphatic hydroxyl groups is 1. The molecule has 1 aliphatic rings. The van der Waals surface area contributed by atoms with Crippen LogP contribution < -0.4 is 5.32 Å². The SMILES string of the molecule is CN(CC(=O)NC(c1cnn(C)c1)C1CC(O)C1)Cc1cccnc1. The Hall–Kier alpha value is -2.25. The van der Waals surface area contributed by atoms with E-state index in [2.05, 4.69) is 15.4 Å². The summed E-state index contributed by atoms with van der Waals surface area (Å²) in [6.45, 7) is 0.974. The van der Waals surface area contributed by atoms with E-state index in [1.54, 1.807) is 17.1 Å². The van der Waals surface area contributed by atoms with Gasteiger partial charge in [0.2, 0.25) is 5.91 Å². The van der Waals surface area contributed by atoms with Crippen molar-refractivity contribution in [2.75, 3.05) is 13.6 Å². The second-order valence-electron chi connectivity index (χ2n) is 6.91. The summed E-state index contributed by atoms with van der Waals surface area (Å²) in [6.07, 6.45) is 8.43. The van der Waals surface area contributed by atoms with Crippen LogP contribution in [0.3, 0.4) is 0 Å². The monoisotopic (exact) mass is 343 g/mol. The van der Waals surface area contributed by atoms with E-state index in [9.17, 15) is 9.90 Å². The maximum absolute atomic E-state index is 12.5. The molecule has 0 bridgehead atoms. The van der Waals surface area contributed by atoms with E-state index in [4.69, 9.17) is 0 Å². The van der Waals surface area contributed by atoms with Crippen molar-refractivity contribution in [3.63, 3.8) is 0 Å². The number of carbonyl (C=O) groups is 1. The molecule has 2 aromatic rings. The fourth-order valence-corrected chi connectivity index (χ4v) is 3.30. The predicted octanol–water partition coefficient (Wildman–Crippen LogP) is 0.875. The van der Waals surface area contributed by atoms with Crippen LogP contribution in [0.2, 0.25) is 0 Å². The Labute approximate surface area is 147 Å². The second kappa shape index (κ2) is 7.76. The van der Waals surface area contributed by atoms with Crippen molar-refractivity contribution in [1.29, 1.82) is 0 Å². The van der Waals surface area contributed by atoms with Crippen molar-refractivity contribution in [1.82, 2.24) is 25.0 Å². The van der Waals surface area contributed by atoms with Crippen LogP contribution in [0.1, 0.15) is 30.0 Å². The maximum Gasteiger partial charge on any atom is 0.234 e. The highest BCUT2D eigenvalue weighted by Crippen LogP contribution is 2.37. The highest BCUT2D eigenvalue weighted by molar-refractivity contribution is 5.78. The smallest absolute Gasteiger partial charge is 0.234 e. The van der Waals surface area contributed by atoms with E-state index in [1.165, 1.54) is 0 Å². The summed E-state index contributed by atoms with van der Waals surface area (Å²) in [5.41, 5.74) is 2.06. The van der Waals surface area contributed by atoms with Crippen molar-refractivity contribution in [2.45, 2.75) is 31.5 Å². The van der Waals surface area contributed by atoms with Crippen LogP contribution in [0, 0.1) is 5.92 Å². The van der Waals surface area contributed by atoms with Crippen molar-refractivity contribution < 1.29 is 9.90 Å². The van der Waals surface area contributed by atoms with Gasteiger partial charge >= 0.3 is 0 Å². The van der Waals surface area contributed by atoms with Gasteiger partial charge in [0, 0.05) is 37.7 Å². The van der Waals surface area contributed by atoms with Gasteiger partial charge < -0.3 is 10.4 Å². The van der Waals surface area contributed by atoms with Gasteiger partial charge in [-0.2, -0.15) is 5.10 Å². The summed E-state index contributed by atoms with van der Waals surface area (Å²) >= 11 is 0. The molecule has 0 spiro atoms. The molecule has 7 nitrogen and oxygen atoms in total. The first-order valence-electron chi connectivity index (χ1n) is 8.54. The van der Waals surface area contributed by atoms with Gasteiger partial charge in [-0.15, -0.1) is 0 Å². The van der Waals surface area contributed by atoms with Crippen LogP contribution >= 0.6 is 0 Å². The molecule has 7 heteroatoms. The van der Waals surface area contributed by atoms with Crippen molar-refractivity contribution in [3.05, 3.63) is 48.0 Å². The molecule has 3 rings (SSSR count). The summed E-state index contributed by atoms with van der Waals surface area (Å²) in [4.78, 5) is 18.6. The van der Waals surface area contributed by atoms with Gasteiger partial charge in [-0.3, -0.25) is 19.4 Å². The number of amides is 1. The lowest BCUT2D eigenvalue weighted by Gasteiger charge is -2.37. The first-order valence-corrected chi connectivity index (χ1v) is 8.54. The number of rotatable bonds is 7. The average Bonchev–Trinajstić information content (AvgIpc) is 2.97. The van der Waals surface area contributed by atoms with Gasteiger partial charge in [-0.1, -0.05) is 6.07 Å². The first kappa shape index (κ1) is 17.6. The van der Waals surface area contributed by atoms with Gasteiger partial charge in [-0.05, 0) is 37.4 Å². The topological polar surface area (TPSA) is 83.3 Å². The Morgan fingerprint density at radius 2 is 2.28 bits per heavy atom. The predicted molar refractivity (Wildman–Crippen MR) is 93.4 cm³/mol. The van der Waals surface area contributed by atoms with Gasteiger partial charge in [0.1, 0.15) is 0 Å². The van der Waals surface area contributed by atoms with E-state index in [1.807, 2.05) is 43.5 Å². The second-order valence-corrected chi connectivity index (χ2v) is 6.91. The van der Waals surface area contributed by atoms with E-state index in [0.29, 0.717) is 25.9 Å². The number of hydrogen-bond acceptors (Lipinski definition) is 5. The summed E-state index contributed by atoms with van der Waals surface area (Å²) in [5.74, 6) is 0.230. The Morgan fingerprint density at radius 1 is 1.48 bits per heavy atom. The Kier molecular flexibility index (Phi) is 5.45. The zero-order valence-electron chi connectivity index (χ0n) is 14.7. The van der Waals surface area contributed by atoms with E-state index < -0.39 is 0 Å². The number of aliphatic hydroxyl groups excluding tert-OH is 1. The molecule has 1 atom stereocenters. The van der Waals surface area contributed by atoms with Crippen molar-refractivity contribution in [2.24, 2.45) is 13.0 Å². The molecule has 2 heterocycles. The van der Waals surface area contributed by atoms with Crippen LogP contribution in [-0.2, 0) is 18.4 Å². The van der Waals surface area contributed by atoms with E-state index in [0.717, 1.165) is 11.1 Å². The van der Waals surface area contributed by atoms with E-state index in [-0.39, 0.29) is 24.0 Å². The summed E-state index contributed by atoms with van der Waals surface area (Å²) in [7, 11) is 3.78. The molecule has 25 heavy (non-hydrogen) atoms. The number of aryl methyl sites for hydroxylation is 1. The molecule has 1 fully saturated rings. The fourth-order valence-electron chi connectivity index (χ4n) is 3.30. The van der Waals surface area contributed by atoms with Crippen molar-refractivity contribution in [3.8, 4) is 0 Å². The highest BCUT2D eigenvalue weighted by atomic mass is 16.3. The maximum atomic E-state index is 12.5. The number of nitrogens with zero attached hydrogens (tertiary/aromatic N) is 4. The van der Waals surface area contributed by atoms with Crippen LogP contribution in [0.5, 0.6) is 0 Å². The molecular weight excluding hydrogens is 318 g/mol. The minimum Gasteiger partial charge on any atom is -0.393 e. The molecule has 1 amide bonds. The molecule has 2 aromatic heterocycles. The molecule has 0 aliphatic heterocycles. The van der Waals surface area contributed by atoms with Gasteiger partial charge in [0.05, 0.1) is 24.9 Å². The van der Waals surface area contributed by atoms with Gasteiger partial charge in [0.25, 0.3) is 0 Å². The third-order valence-electron chi connectivity index (χ3n) is 4.61. The van der Waals surface area contributed by atoms with E-state index >= 15 is 0 Å². The average molecular weight is 343 g/mol. The molecule has 1 unspecified atom stereocenters. The minimum absolute atomic E-state index is 0.0263. The van der Waals surface area contributed by atoms with Crippen LogP contribution in [-0.4, -0.2) is 50.4 Å². The van der Waals surface area contributed by atoms with Gasteiger partial charge in [-0.25, -0.2) is 0 Å². The number of carbonyl (C=O) groups excluding carboxylic acids is 1. The lowest BCUT2D eigenvalue weighted by molar-refractivity contribution is -0.124. The molecular formula is C18H25N5O2. The Bertz CT molecular complexity index is 697. The molecule has 0 saturated heterocycles. The minimum atomic E-state index is -0.255. The standard InChI is InChI=1S/C18H25N5O2/c1-22(10-13-4-3-5-19-8-13)12-17(25)21-18(14-6-16(24)7-14)15-9-20-23(2)11-15/h3-5,8-9,11,14,16,18,24H,6-7,10,12H2,1-2H3,(H,21,25). The number of hydrogen-bond donors (Lipinski definition) is 2. The lowest BCUT2D eigenvalue weighted by atomic mass is 9.75. The van der Waals surface area contributed by atoms with Crippen LogP contribution in [0.15, 0.2) is 36.9 Å². The lowest BCUT2D eigenvalue weighted by Crippen LogP contribution is -2.44. The number of aromatic nitrogens is 3. The van der Waals surface area contributed by atoms with Crippen molar-refractivity contribution >= 4 is 5.91 Å². The molecule has 0 aromatic carbocycles. The number of nitrogens with one attached hydrogen (secondary N) is 1. The quantitative estimate of drug-likeness (QED) is 0.780. The third kappa shape index (κ3) is 4.64. The number of likely N-dealkylation sites (N-methyl/N-ethyl adjacent to an activating group) is 1. The van der Waals surface area contributed by atoms with Crippen LogP contribution in [0.4, 0.5) is 0 Å². The molecule has 134 valence electrons.